The molecule has 1 rings (SSSR count). The van der Waals surface area contributed by atoms with E-state index in [4.69, 9.17) is 5.48 Å². The second kappa shape index (κ2) is 1.73. The Kier molecular flexibility index (Phi) is 0.392. The first-order valence-electron chi connectivity index (χ1n) is 3.95. The molecule has 0 atom stereocenters. The number of aromatic nitrogens is 1. The quantitative estimate of drug-likeness (QED) is 0.476. The Bertz CT molecular complexity index is 271. The van der Waals surface area contributed by atoms with E-state index in [1.807, 2.05) is 0 Å². The molecule has 1 heteroatoms. The predicted octanol–water partition coefficient (Wildman–Crippen LogP) is 1.39. The Morgan fingerprint density at radius 2 is 2.57 bits per heavy atom. The minimum Gasteiger partial charge on any atom is -0.262 e. The fraction of sp³-hybridized carbons (Fsp3) is 0.167. The standard InChI is InChI=1S/C6H7N/c1-6-4-2-3-5-7-6/h2-5H,1H3/i2D,3D,4D,5D. The van der Waals surface area contributed by atoms with Crippen molar-refractivity contribution in [2.24, 2.45) is 0 Å². The van der Waals surface area contributed by atoms with Crippen LogP contribution in [0.2, 0.25) is 0 Å². The molecule has 0 amide bonds. The molecule has 0 saturated carbocycles. The van der Waals surface area contributed by atoms with Crippen LogP contribution in [0.15, 0.2) is 24.3 Å². The Morgan fingerprint density at radius 1 is 1.71 bits per heavy atom. The van der Waals surface area contributed by atoms with Gasteiger partial charge >= 0.3 is 0 Å². The van der Waals surface area contributed by atoms with Crippen LogP contribution >= 0.6 is 0 Å². The zero-order valence-electron chi connectivity index (χ0n) is 7.95. The van der Waals surface area contributed by atoms with Crippen LogP contribution in [0.4, 0.5) is 0 Å². The maximum Gasteiger partial charge on any atom is 0.0840 e. The zero-order valence-corrected chi connectivity index (χ0v) is 3.95. The van der Waals surface area contributed by atoms with Gasteiger partial charge in [-0.2, -0.15) is 0 Å². The average Bonchev–Trinajstić information content (AvgIpc) is 1.97. The normalized spacial score (nSPS) is 16.7. The molecular formula is C6H7N. The highest BCUT2D eigenvalue weighted by atomic mass is 14.6. The number of hydrogen-bond donors (Lipinski definition) is 0. The maximum atomic E-state index is 7.23. The van der Waals surface area contributed by atoms with Gasteiger partial charge in [0.25, 0.3) is 0 Å². The van der Waals surface area contributed by atoms with Gasteiger partial charge in [0.2, 0.25) is 0 Å². The van der Waals surface area contributed by atoms with E-state index in [0.717, 1.165) is 0 Å². The summed E-state index contributed by atoms with van der Waals surface area (Å²) in [4.78, 5) is 3.61. The fourth-order valence-corrected chi connectivity index (χ4v) is 0.289. The zero-order chi connectivity index (χ0) is 8.59. The minimum absolute atomic E-state index is 0.0639. The summed E-state index contributed by atoms with van der Waals surface area (Å²) in [5.74, 6) is 0. The van der Waals surface area contributed by atoms with Crippen molar-refractivity contribution >= 4 is 0 Å². The van der Waals surface area contributed by atoms with E-state index in [-0.39, 0.29) is 24.3 Å². The van der Waals surface area contributed by atoms with Crippen LogP contribution in [0.1, 0.15) is 11.2 Å². The summed E-state index contributed by atoms with van der Waals surface area (Å²) in [5.41, 5.74) is 0.330. The summed E-state index contributed by atoms with van der Waals surface area (Å²) in [6, 6.07) is -0.561. The number of nitrogens with zero attached hydrogens (tertiary/aromatic N) is 1. The Morgan fingerprint density at radius 3 is 3.43 bits per heavy atom. The molecule has 0 spiro atoms. The highest BCUT2D eigenvalue weighted by Crippen LogP contribution is 1.85. The van der Waals surface area contributed by atoms with Gasteiger partial charge in [0.05, 0.1) is 5.48 Å². The van der Waals surface area contributed by atoms with Crippen molar-refractivity contribution in [3.63, 3.8) is 0 Å². The smallest absolute Gasteiger partial charge is 0.0840 e. The molecule has 7 heavy (non-hydrogen) atoms. The lowest BCUT2D eigenvalue weighted by Gasteiger charge is -1.82. The van der Waals surface area contributed by atoms with Crippen LogP contribution in [0.25, 0.3) is 0 Å². The van der Waals surface area contributed by atoms with Gasteiger partial charge in [-0.25, -0.2) is 0 Å². The Labute approximate surface area is 48.6 Å². The molecule has 0 aliphatic heterocycles. The highest BCUT2D eigenvalue weighted by Gasteiger charge is 1.73. The summed E-state index contributed by atoms with van der Waals surface area (Å²) in [6.45, 7) is 1.55. The molecule has 0 saturated heterocycles. The van der Waals surface area contributed by atoms with Crippen molar-refractivity contribution in [3.8, 4) is 0 Å². The van der Waals surface area contributed by atoms with Gasteiger partial charge in [0.15, 0.2) is 0 Å². The lowest BCUT2D eigenvalue weighted by Crippen LogP contribution is -1.72. The summed E-state index contributed by atoms with van der Waals surface area (Å²) < 4.78 is 28.6. The van der Waals surface area contributed by atoms with E-state index in [1.54, 1.807) is 6.92 Å². The minimum atomic E-state index is -0.277. The molecule has 0 aromatic carbocycles. The number of pyridine rings is 1. The summed E-state index contributed by atoms with van der Waals surface area (Å²) >= 11 is 0. The lowest BCUT2D eigenvalue weighted by molar-refractivity contribution is 1.20. The van der Waals surface area contributed by atoms with Gasteiger partial charge in [0, 0.05) is 11.9 Å². The van der Waals surface area contributed by atoms with Crippen LogP contribution in [0.3, 0.4) is 0 Å². The lowest BCUT2D eigenvalue weighted by atomic mass is 10.4. The largest absolute Gasteiger partial charge is 0.262 e. The fourth-order valence-electron chi connectivity index (χ4n) is 0.289. The van der Waals surface area contributed by atoms with Crippen molar-refractivity contribution in [2.45, 2.75) is 6.92 Å². The molecule has 0 aliphatic rings. The van der Waals surface area contributed by atoms with Crippen LogP contribution in [-0.4, -0.2) is 4.98 Å². The van der Waals surface area contributed by atoms with Gasteiger partial charge in [-0.15, -0.1) is 0 Å². The second-order valence-electron chi connectivity index (χ2n) is 1.18. The van der Waals surface area contributed by atoms with Crippen molar-refractivity contribution in [3.05, 3.63) is 30.0 Å². The number of hydrogen-bond acceptors (Lipinski definition) is 1. The topological polar surface area (TPSA) is 12.9 Å². The van der Waals surface area contributed by atoms with Gasteiger partial charge < -0.3 is 0 Å². The summed E-state index contributed by atoms with van der Waals surface area (Å²) in [6.07, 6.45) is -0.233. The molecule has 1 heterocycles. The molecule has 0 fully saturated rings. The van der Waals surface area contributed by atoms with Crippen LogP contribution < -0.4 is 0 Å². The average molecular weight is 97.2 g/mol. The van der Waals surface area contributed by atoms with Crippen molar-refractivity contribution in [2.75, 3.05) is 0 Å². The Balaban J connectivity index is 3.46. The van der Waals surface area contributed by atoms with Crippen LogP contribution in [-0.2, 0) is 0 Å². The first-order valence-corrected chi connectivity index (χ1v) is 1.95. The predicted molar refractivity (Wildman–Crippen MR) is 29.0 cm³/mol. The second-order valence-corrected chi connectivity index (χ2v) is 1.18. The molecule has 0 unspecified atom stereocenters. The van der Waals surface area contributed by atoms with Gasteiger partial charge in [-0.05, 0) is 19.0 Å². The van der Waals surface area contributed by atoms with E-state index in [0.29, 0.717) is 5.69 Å². The third-order valence-electron chi connectivity index (χ3n) is 0.585. The van der Waals surface area contributed by atoms with Crippen LogP contribution in [0.5, 0.6) is 0 Å². The van der Waals surface area contributed by atoms with E-state index in [2.05, 4.69) is 4.98 Å². The van der Waals surface area contributed by atoms with E-state index in [1.165, 1.54) is 0 Å². The van der Waals surface area contributed by atoms with E-state index >= 15 is 0 Å². The Hall–Kier alpha value is -0.850. The molecule has 0 radical (unpaired) electrons. The third kappa shape index (κ3) is 1.000. The molecule has 1 aromatic rings. The van der Waals surface area contributed by atoms with Crippen molar-refractivity contribution in [1.29, 1.82) is 0 Å². The van der Waals surface area contributed by atoms with Gasteiger partial charge in [-0.1, -0.05) is 6.04 Å². The number of rotatable bonds is 0. The highest BCUT2D eigenvalue weighted by molar-refractivity contribution is 4.99. The van der Waals surface area contributed by atoms with Crippen molar-refractivity contribution in [1.82, 2.24) is 4.98 Å². The molecule has 1 aromatic heterocycles. The maximum absolute atomic E-state index is 7.23. The first kappa shape index (κ1) is 1.58. The molecule has 0 N–H and O–H groups in total. The summed E-state index contributed by atoms with van der Waals surface area (Å²) in [5, 5.41) is 0. The molecular weight excluding hydrogens is 86.1 g/mol. The number of aryl methyl sites for hydroxylation is 1. The van der Waals surface area contributed by atoms with E-state index < -0.39 is 0 Å². The molecule has 0 bridgehead atoms. The van der Waals surface area contributed by atoms with E-state index in [9.17, 15) is 0 Å². The van der Waals surface area contributed by atoms with Crippen molar-refractivity contribution < 1.29 is 5.48 Å². The summed E-state index contributed by atoms with van der Waals surface area (Å²) in [7, 11) is 0. The third-order valence-corrected chi connectivity index (χ3v) is 0.585. The molecule has 36 valence electrons. The van der Waals surface area contributed by atoms with Gasteiger partial charge in [-0.3, -0.25) is 4.98 Å². The molecule has 0 aliphatic carbocycles. The molecule has 1 nitrogen and oxygen atoms in total. The SMILES string of the molecule is [2H]c1nc(C)c([2H])c([2H])c1[2H]. The first-order chi connectivity index (χ1) is 5.04. The monoisotopic (exact) mass is 97.1 g/mol. The van der Waals surface area contributed by atoms with Crippen LogP contribution in [0, 0.1) is 6.92 Å². The van der Waals surface area contributed by atoms with Gasteiger partial charge in [0.1, 0.15) is 0 Å².